The molecule has 0 aromatic carbocycles. The van der Waals surface area contributed by atoms with Crippen LogP contribution >= 0.6 is 0 Å². The average molecular weight is 419 g/mol. The van der Waals surface area contributed by atoms with Gasteiger partial charge in [-0.1, -0.05) is 44.9 Å². The summed E-state index contributed by atoms with van der Waals surface area (Å²) >= 11 is 0. The number of carboxylic acid groups (broad SMARTS) is 2. The monoisotopic (exact) mass is 418 g/mol. The van der Waals surface area contributed by atoms with Gasteiger partial charge in [0.05, 0.1) is 40.1 Å². The number of esters is 1. The molecule has 0 aromatic heterocycles. The average Bonchev–Trinajstić information content (AvgIpc) is 2.53. The van der Waals surface area contributed by atoms with E-state index in [-0.39, 0.29) is 19.3 Å². The van der Waals surface area contributed by atoms with Crippen molar-refractivity contribution in [2.75, 3.05) is 27.7 Å². The number of rotatable bonds is 18. The van der Waals surface area contributed by atoms with Crippen LogP contribution in [0.5, 0.6) is 0 Å². The van der Waals surface area contributed by atoms with Crippen molar-refractivity contribution in [2.45, 2.75) is 89.3 Å². The Morgan fingerprint density at radius 2 is 1.31 bits per heavy atom. The molecule has 0 bridgehead atoms. The van der Waals surface area contributed by atoms with E-state index in [1.807, 2.05) is 21.1 Å². The minimum Gasteiger partial charge on any atom is -0.481 e. The van der Waals surface area contributed by atoms with Gasteiger partial charge in [0.25, 0.3) is 0 Å². The highest BCUT2D eigenvalue weighted by atomic mass is 16.5. The van der Waals surface area contributed by atoms with Crippen molar-refractivity contribution in [3.63, 3.8) is 0 Å². The zero-order valence-electron chi connectivity index (χ0n) is 18.3. The number of carbonyl (C=O) groups excluding carboxylic acids is 1. The first-order valence-electron chi connectivity index (χ1n) is 10.6. The molecular weight excluding hydrogens is 378 g/mol. The third-order valence-electron chi connectivity index (χ3n) is 4.53. The predicted molar refractivity (Wildman–Crippen MR) is 109 cm³/mol. The Balaban J connectivity index is 3.86. The fourth-order valence-electron chi connectivity index (χ4n) is 3.19. The number of quaternary nitrogens is 1. The maximum absolute atomic E-state index is 12.0. The van der Waals surface area contributed by atoms with Crippen molar-refractivity contribution in [1.29, 1.82) is 0 Å². The number of aliphatic carboxylic acids is 2. The molecule has 0 aliphatic carbocycles. The molecule has 0 amide bonds. The number of nitrogens with zero attached hydrogens (tertiary/aromatic N) is 1. The lowest BCUT2D eigenvalue weighted by molar-refractivity contribution is -0.873. The van der Waals surface area contributed by atoms with E-state index in [1.54, 1.807) is 0 Å². The second-order valence-corrected chi connectivity index (χ2v) is 8.80. The van der Waals surface area contributed by atoms with Crippen molar-refractivity contribution < 1.29 is 38.9 Å². The normalized spacial score (nSPS) is 13.7. The van der Waals surface area contributed by atoms with Gasteiger partial charge in [-0.3, -0.25) is 14.4 Å². The lowest BCUT2D eigenvalue weighted by Crippen LogP contribution is -2.44. The summed E-state index contributed by atoms with van der Waals surface area (Å²) in [4.78, 5) is 33.4. The van der Waals surface area contributed by atoms with E-state index in [9.17, 15) is 19.5 Å². The van der Waals surface area contributed by atoms with E-state index in [4.69, 9.17) is 14.9 Å². The van der Waals surface area contributed by atoms with Crippen LogP contribution in [0.25, 0.3) is 0 Å². The van der Waals surface area contributed by atoms with Crippen molar-refractivity contribution in [3.05, 3.63) is 0 Å². The molecule has 0 radical (unpaired) electrons. The molecule has 3 N–H and O–H groups in total. The Morgan fingerprint density at radius 3 is 1.79 bits per heavy atom. The first-order valence-corrected chi connectivity index (χ1v) is 10.6. The molecule has 0 aromatic rings. The van der Waals surface area contributed by atoms with Gasteiger partial charge >= 0.3 is 17.9 Å². The molecule has 0 heterocycles. The SMILES string of the molecule is C[N+](C)(C)CC(CC(=O)O)OC(=O)CC(O)CCCCCCCCCCC(=O)O. The molecule has 8 heteroatoms. The summed E-state index contributed by atoms with van der Waals surface area (Å²) in [5.74, 6) is -2.31. The summed E-state index contributed by atoms with van der Waals surface area (Å²) in [5, 5.41) is 27.6. The van der Waals surface area contributed by atoms with Crippen LogP contribution in [0.2, 0.25) is 0 Å². The zero-order valence-corrected chi connectivity index (χ0v) is 18.3. The predicted octanol–water partition coefficient (Wildman–Crippen LogP) is 2.82. The van der Waals surface area contributed by atoms with Gasteiger partial charge < -0.3 is 24.5 Å². The lowest BCUT2D eigenvalue weighted by Gasteiger charge is -2.28. The Labute approximate surface area is 174 Å². The van der Waals surface area contributed by atoms with Gasteiger partial charge in [0, 0.05) is 6.42 Å². The number of ether oxygens (including phenoxy) is 1. The maximum Gasteiger partial charge on any atom is 0.308 e. The van der Waals surface area contributed by atoms with Crippen molar-refractivity contribution in [1.82, 2.24) is 0 Å². The molecule has 0 aliphatic heterocycles. The molecule has 0 saturated heterocycles. The maximum atomic E-state index is 12.0. The number of aliphatic hydroxyl groups excluding tert-OH is 1. The summed E-state index contributed by atoms with van der Waals surface area (Å²) in [7, 11) is 5.69. The molecule has 0 spiro atoms. The fraction of sp³-hybridized carbons (Fsp3) is 0.857. The highest BCUT2D eigenvalue weighted by Gasteiger charge is 2.25. The molecule has 170 valence electrons. The van der Waals surface area contributed by atoms with Crippen LogP contribution in [0, 0.1) is 0 Å². The molecular formula is C21H40NO7+. The number of likely N-dealkylation sites (N-methyl/N-ethyl adjacent to an activating group) is 1. The van der Waals surface area contributed by atoms with Crippen molar-refractivity contribution in [3.8, 4) is 0 Å². The first kappa shape index (κ1) is 27.3. The second-order valence-electron chi connectivity index (χ2n) is 8.80. The van der Waals surface area contributed by atoms with E-state index in [2.05, 4.69) is 0 Å². The molecule has 0 rings (SSSR count). The quantitative estimate of drug-likeness (QED) is 0.178. The summed E-state index contributed by atoms with van der Waals surface area (Å²) in [5.41, 5.74) is 0. The molecule has 2 unspecified atom stereocenters. The summed E-state index contributed by atoms with van der Waals surface area (Å²) < 4.78 is 5.76. The van der Waals surface area contributed by atoms with Gasteiger partial charge in [-0.05, 0) is 12.8 Å². The van der Waals surface area contributed by atoms with Crippen LogP contribution in [0.1, 0.15) is 77.0 Å². The van der Waals surface area contributed by atoms with E-state index in [0.717, 1.165) is 51.4 Å². The highest BCUT2D eigenvalue weighted by Crippen LogP contribution is 2.14. The summed E-state index contributed by atoms with van der Waals surface area (Å²) in [6, 6.07) is 0. The first-order chi connectivity index (χ1) is 13.5. The fourth-order valence-corrected chi connectivity index (χ4v) is 3.19. The minimum atomic E-state index is -1.02. The third kappa shape index (κ3) is 19.4. The molecule has 29 heavy (non-hydrogen) atoms. The Kier molecular flexibility index (Phi) is 14.3. The summed E-state index contributed by atoms with van der Waals surface area (Å²) in [6.45, 7) is 0.393. The van der Waals surface area contributed by atoms with E-state index in [0.29, 0.717) is 17.4 Å². The molecule has 2 atom stereocenters. The van der Waals surface area contributed by atoms with Gasteiger partial charge in [-0.15, -0.1) is 0 Å². The van der Waals surface area contributed by atoms with Crippen LogP contribution < -0.4 is 0 Å². The van der Waals surface area contributed by atoms with Crippen LogP contribution in [0.15, 0.2) is 0 Å². The number of aliphatic hydroxyl groups is 1. The van der Waals surface area contributed by atoms with Gasteiger partial charge in [0.2, 0.25) is 0 Å². The van der Waals surface area contributed by atoms with Crippen molar-refractivity contribution >= 4 is 17.9 Å². The molecule has 0 fully saturated rings. The number of hydrogen-bond donors (Lipinski definition) is 3. The number of carbonyl (C=O) groups is 3. The number of unbranched alkanes of at least 4 members (excludes halogenated alkanes) is 7. The van der Waals surface area contributed by atoms with Crippen molar-refractivity contribution in [2.24, 2.45) is 0 Å². The van der Waals surface area contributed by atoms with Gasteiger partial charge in [0.15, 0.2) is 6.10 Å². The van der Waals surface area contributed by atoms with E-state index < -0.39 is 30.1 Å². The van der Waals surface area contributed by atoms with Gasteiger partial charge in [-0.2, -0.15) is 0 Å². The topological polar surface area (TPSA) is 121 Å². The smallest absolute Gasteiger partial charge is 0.308 e. The molecule has 0 aliphatic rings. The third-order valence-corrected chi connectivity index (χ3v) is 4.53. The van der Waals surface area contributed by atoms with Crippen LogP contribution in [-0.4, -0.2) is 77.6 Å². The van der Waals surface area contributed by atoms with Gasteiger partial charge in [0.1, 0.15) is 6.54 Å². The number of hydrogen-bond acceptors (Lipinski definition) is 5. The number of carboxylic acids is 2. The van der Waals surface area contributed by atoms with Gasteiger partial charge in [-0.25, -0.2) is 0 Å². The Morgan fingerprint density at radius 1 is 0.793 bits per heavy atom. The van der Waals surface area contributed by atoms with E-state index in [1.165, 1.54) is 0 Å². The standard InChI is InChI=1S/C21H39NO7/c1-22(2,3)16-18(15-20(26)27)29-21(28)14-17(23)12-10-8-6-4-5-7-9-11-13-19(24)25/h17-18,23H,4-16H2,1-3H3,(H-,24,25,26,27)/p+1. The Bertz CT molecular complexity index is 488. The minimum absolute atomic E-state index is 0.114. The van der Waals surface area contributed by atoms with Crippen LogP contribution in [0.4, 0.5) is 0 Å². The Hall–Kier alpha value is -1.67. The second kappa shape index (κ2) is 15.2. The van der Waals surface area contributed by atoms with Crippen LogP contribution in [-0.2, 0) is 19.1 Å². The van der Waals surface area contributed by atoms with E-state index >= 15 is 0 Å². The largest absolute Gasteiger partial charge is 0.481 e. The van der Waals surface area contributed by atoms with Crippen LogP contribution in [0.3, 0.4) is 0 Å². The molecule has 0 saturated carbocycles. The molecule has 8 nitrogen and oxygen atoms in total. The highest BCUT2D eigenvalue weighted by molar-refractivity contribution is 5.72. The summed E-state index contributed by atoms with van der Waals surface area (Å²) in [6.07, 6.45) is 6.70. The lowest BCUT2D eigenvalue weighted by atomic mass is 10.0. The zero-order chi connectivity index (χ0) is 22.3.